The topological polar surface area (TPSA) is 3.24 Å². The fourth-order valence-corrected chi connectivity index (χ4v) is 12.7. The van der Waals surface area contributed by atoms with Crippen LogP contribution in [0.2, 0.25) is 0 Å². The maximum atomic E-state index is 2.61. The van der Waals surface area contributed by atoms with Crippen LogP contribution in [0.1, 0.15) is 47.2 Å². The summed E-state index contributed by atoms with van der Waals surface area (Å²) in [6.45, 7) is 4.78. The van der Waals surface area contributed by atoms with Crippen LogP contribution in [0.15, 0.2) is 237 Å². The highest BCUT2D eigenvalue weighted by atomic mass is 32.1. The highest BCUT2D eigenvalue weighted by molar-refractivity contribution is 7.26. The minimum absolute atomic E-state index is 0.177. The van der Waals surface area contributed by atoms with E-state index in [1.165, 1.54) is 104 Å². The fourth-order valence-electron chi connectivity index (χ4n) is 11.5. The van der Waals surface area contributed by atoms with Gasteiger partial charge in [-0.1, -0.05) is 208 Å². The van der Waals surface area contributed by atoms with Gasteiger partial charge in [0, 0.05) is 42.5 Å². The van der Waals surface area contributed by atoms with E-state index in [9.17, 15) is 0 Å². The Morgan fingerprint density at radius 1 is 0.364 bits per heavy atom. The Hall–Kier alpha value is -7.78. The first-order valence-corrected chi connectivity index (χ1v) is 23.8. The van der Waals surface area contributed by atoms with Gasteiger partial charge in [0.05, 0.1) is 11.1 Å². The molecule has 11 aromatic rings. The van der Waals surface area contributed by atoms with Crippen LogP contribution in [-0.4, -0.2) is 0 Å². The lowest BCUT2D eigenvalue weighted by Gasteiger charge is -2.35. The van der Waals surface area contributed by atoms with Crippen molar-refractivity contribution in [3.63, 3.8) is 0 Å². The van der Waals surface area contributed by atoms with E-state index in [1.807, 2.05) is 11.3 Å². The predicted octanol–water partition coefficient (Wildman–Crippen LogP) is 17.5. The molecular weight excluding hydrogens is 815 g/mol. The van der Waals surface area contributed by atoms with Gasteiger partial charge in [-0.3, -0.25) is 0 Å². The number of hydrogen-bond acceptors (Lipinski definition) is 2. The molecule has 0 saturated carbocycles. The molecule has 2 heteroatoms. The summed E-state index contributed by atoms with van der Waals surface area (Å²) in [7, 11) is 0. The molecule has 0 atom stereocenters. The molecular formula is C64H45NS. The van der Waals surface area contributed by atoms with E-state index in [0.717, 1.165) is 11.4 Å². The maximum Gasteiger partial charge on any atom is 0.0715 e. The second-order valence-corrected chi connectivity index (χ2v) is 19.5. The first-order valence-electron chi connectivity index (χ1n) is 23.0. The van der Waals surface area contributed by atoms with Gasteiger partial charge in [0.1, 0.15) is 0 Å². The van der Waals surface area contributed by atoms with Crippen LogP contribution in [-0.2, 0) is 10.8 Å². The van der Waals surface area contributed by atoms with Crippen LogP contribution in [0.5, 0.6) is 0 Å². The van der Waals surface area contributed by atoms with Crippen molar-refractivity contribution in [2.75, 3.05) is 4.90 Å². The zero-order chi connectivity index (χ0) is 44.0. The SMILES string of the molecule is CC1(C)c2ccccc2-c2ccc(N(c3ccc(-c4ccccc4)cc3)c3c4c(cc5sc6ccccc6c35)C(c3ccccc3)(c3ccccc3)c3cc(-c5ccccc5)ccc3-4)cc21. The molecule has 1 aromatic heterocycles. The Morgan fingerprint density at radius 2 is 0.894 bits per heavy atom. The van der Waals surface area contributed by atoms with Gasteiger partial charge in [-0.05, 0) is 115 Å². The fraction of sp³-hybridized carbons (Fsp3) is 0.0625. The van der Waals surface area contributed by atoms with Crippen LogP contribution >= 0.6 is 11.3 Å². The molecule has 2 aliphatic carbocycles. The van der Waals surface area contributed by atoms with Crippen molar-refractivity contribution in [1.29, 1.82) is 0 Å². The first kappa shape index (κ1) is 38.7. The molecule has 0 amide bonds. The van der Waals surface area contributed by atoms with Crippen molar-refractivity contribution in [3.8, 4) is 44.5 Å². The normalized spacial score (nSPS) is 13.8. The highest BCUT2D eigenvalue weighted by Gasteiger charge is 2.49. The van der Waals surface area contributed by atoms with Crippen LogP contribution in [0.3, 0.4) is 0 Å². The Labute approximate surface area is 390 Å². The summed E-state index contributed by atoms with van der Waals surface area (Å²) in [5.74, 6) is 0. The van der Waals surface area contributed by atoms with Crippen LogP contribution < -0.4 is 4.90 Å². The molecule has 66 heavy (non-hydrogen) atoms. The summed E-state index contributed by atoms with van der Waals surface area (Å²) >= 11 is 1.90. The quantitative estimate of drug-likeness (QED) is 0.154. The summed E-state index contributed by atoms with van der Waals surface area (Å²) in [6.07, 6.45) is 0. The molecule has 1 heterocycles. The molecule has 10 aromatic carbocycles. The molecule has 1 nitrogen and oxygen atoms in total. The van der Waals surface area contributed by atoms with E-state index in [2.05, 4.69) is 255 Å². The van der Waals surface area contributed by atoms with Gasteiger partial charge >= 0.3 is 0 Å². The van der Waals surface area contributed by atoms with E-state index in [-0.39, 0.29) is 5.41 Å². The Bertz CT molecular complexity index is 3600. The lowest BCUT2D eigenvalue weighted by Crippen LogP contribution is -2.28. The summed E-state index contributed by atoms with van der Waals surface area (Å²) in [6, 6.07) is 88.5. The number of nitrogens with zero attached hydrogens (tertiary/aromatic N) is 1. The van der Waals surface area contributed by atoms with Crippen LogP contribution in [0, 0.1) is 0 Å². The molecule has 0 bridgehead atoms. The van der Waals surface area contributed by atoms with E-state index in [1.54, 1.807) is 0 Å². The van der Waals surface area contributed by atoms with E-state index in [0.29, 0.717) is 0 Å². The van der Waals surface area contributed by atoms with Crippen molar-refractivity contribution < 1.29 is 0 Å². The third-order valence-corrected chi connectivity index (χ3v) is 15.7. The second-order valence-electron chi connectivity index (χ2n) is 18.4. The van der Waals surface area contributed by atoms with Crippen molar-refractivity contribution in [3.05, 3.63) is 270 Å². The monoisotopic (exact) mass is 859 g/mol. The molecule has 0 N–H and O–H groups in total. The van der Waals surface area contributed by atoms with Gasteiger partial charge in [-0.2, -0.15) is 0 Å². The van der Waals surface area contributed by atoms with Crippen LogP contribution in [0.25, 0.3) is 64.7 Å². The van der Waals surface area contributed by atoms with Gasteiger partial charge in [0.2, 0.25) is 0 Å². The first-order chi connectivity index (χ1) is 32.5. The third kappa shape index (κ3) is 5.65. The molecule has 0 saturated heterocycles. The minimum atomic E-state index is -0.624. The van der Waals surface area contributed by atoms with E-state index in [4.69, 9.17) is 0 Å². The smallest absolute Gasteiger partial charge is 0.0715 e. The molecule has 0 fully saturated rings. The van der Waals surface area contributed by atoms with E-state index < -0.39 is 5.41 Å². The standard InChI is InChI=1S/C64H45NS/c1-63(2)54-29-17-15-27-50(54)51-38-36-49(40-55(51)63)65(48-34-31-44(32-35-48)42-19-7-3-8-20-42)62-60-52-37-33-45(43-21-9-4-10-22-43)39-56(52)64(46-23-11-5-12-24-46,47-25-13-6-14-26-47)57(60)41-59-61(62)53-28-16-18-30-58(53)66-59/h3-41H,1-2H3. The molecule has 0 radical (unpaired) electrons. The van der Waals surface area contributed by atoms with Crippen molar-refractivity contribution >= 4 is 48.6 Å². The summed E-state index contributed by atoms with van der Waals surface area (Å²) in [5, 5.41) is 2.55. The van der Waals surface area contributed by atoms with Gasteiger partial charge < -0.3 is 4.90 Å². The van der Waals surface area contributed by atoms with Gasteiger partial charge in [0.15, 0.2) is 0 Å². The molecule has 0 unspecified atom stereocenters. The van der Waals surface area contributed by atoms with Crippen molar-refractivity contribution in [1.82, 2.24) is 0 Å². The van der Waals surface area contributed by atoms with Gasteiger partial charge in [0.25, 0.3) is 0 Å². The molecule has 312 valence electrons. The lowest BCUT2D eigenvalue weighted by molar-refractivity contribution is 0.660. The second kappa shape index (κ2) is 14.9. The number of thiophene rings is 1. The molecule has 0 spiro atoms. The third-order valence-electron chi connectivity index (χ3n) is 14.5. The van der Waals surface area contributed by atoms with Crippen molar-refractivity contribution in [2.24, 2.45) is 0 Å². The minimum Gasteiger partial charge on any atom is -0.309 e. The largest absolute Gasteiger partial charge is 0.309 e. The summed E-state index contributed by atoms with van der Waals surface area (Å²) in [4.78, 5) is 2.61. The number of fused-ring (bicyclic) bond motifs is 9. The lowest BCUT2D eigenvalue weighted by atomic mass is 9.67. The number of benzene rings is 10. The number of anilines is 3. The molecule has 13 rings (SSSR count). The van der Waals surface area contributed by atoms with Gasteiger partial charge in [-0.15, -0.1) is 11.3 Å². The number of hydrogen-bond donors (Lipinski definition) is 0. The zero-order valence-electron chi connectivity index (χ0n) is 36.9. The summed E-state index contributed by atoms with van der Waals surface area (Å²) in [5.41, 5.74) is 20.5. The zero-order valence-corrected chi connectivity index (χ0v) is 37.7. The van der Waals surface area contributed by atoms with Crippen molar-refractivity contribution in [2.45, 2.75) is 24.7 Å². The number of rotatable bonds is 7. The highest BCUT2D eigenvalue weighted by Crippen LogP contribution is 2.63. The Kier molecular flexibility index (Phi) is 8.72. The maximum absolute atomic E-state index is 2.61. The van der Waals surface area contributed by atoms with Crippen LogP contribution in [0.4, 0.5) is 17.1 Å². The van der Waals surface area contributed by atoms with Gasteiger partial charge in [-0.25, -0.2) is 0 Å². The Morgan fingerprint density at radius 3 is 1.59 bits per heavy atom. The molecule has 2 aliphatic rings. The molecule has 0 aliphatic heterocycles. The summed E-state index contributed by atoms with van der Waals surface area (Å²) < 4.78 is 2.56. The average molecular weight is 860 g/mol. The average Bonchev–Trinajstić information content (AvgIpc) is 3.98. The Balaban J connectivity index is 1.19. The predicted molar refractivity (Wildman–Crippen MR) is 280 cm³/mol. The van der Waals surface area contributed by atoms with E-state index >= 15 is 0 Å².